The van der Waals surface area contributed by atoms with Gasteiger partial charge in [0.15, 0.2) is 17.4 Å². The van der Waals surface area contributed by atoms with Crippen LogP contribution in [0.15, 0.2) is 30.5 Å². The number of benzene rings is 1. The van der Waals surface area contributed by atoms with Crippen LogP contribution in [0.5, 0.6) is 11.5 Å². The number of carbonyl (C=O) groups excluding carboxylic acids is 1. The fourth-order valence-corrected chi connectivity index (χ4v) is 2.23. The Kier molecular flexibility index (Phi) is 3.99. The molecule has 7 nitrogen and oxygen atoms in total. The van der Waals surface area contributed by atoms with Gasteiger partial charge in [-0.2, -0.15) is 0 Å². The molecule has 0 spiro atoms. The van der Waals surface area contributed by atoms with Crippen LogP contribution in [0.1, 0.15) is 12.8 Å². The highest BCUT2D eigenvalue weighted by Gasteiger charge is 2.57. The maximum absolute atomic E-state index is 14.1. The van der Waals surface area contributed by atoms with E-state index in [9.17, 15) is 18.4 Å². The second kappa shape index (κ2) is 6.00. The Hall–Kier alpha value is -3.23. The summed E-state index contributed by atoms with van der Waals surface area (Å²) >= 11 is 0. The number of nitrogens with two attached hydrogens (primary N) is 1. The van der Waals surface area contributed by atoms with E-state index >= 15 is 0 Å². The first-order valence-corrected chi connectivity index (χ1v) is 7.25. The number of nitrogen functional groups attached to an aromatic ring is 1. The van der Waals surface area contributed by atoms with Crippen molar-refractivity contribution >= 4 is 23.4 Å². The molecule has 1 fully saturated rings. The number of ether oxygens (including phenoxy) is 1. The Morgan fingerprint density at radius 3 is 2.56 bits per heavy atom. The predicted octanol–water partition coefficient (Wildman–Crippen LogP) is 2.54. The zero-order valence-corrected chi connectivity index (χ0v) is 12.8. The van der Waals surface area contributed by atoms with Crippen molar-refractivity contribution in [1.29, 1.82) is 0 Å². The van der Waals surface area contributed by atoms with E-state index in [1.165, 1.54) is 18.3 Å². The van der Waals surface area contributed by atoms with Crippen LogP contribution in [-0.2, 0) is 9.59 Å². The molecule has 0 aliphatic heterocycles. The molecule has 1 saturated carbocycles. The highest BCUT2D eigenvalue weighted by molar-refractivity contribution is 6.10. The Bertz CT molecular complexity index is 868. The highest BCUT2D eigenvalue weighted by atomic mass is 19.1. The zero-order valence-electron chi connectivity index (χ0n) is 12.8. The number of anilines is 2. The van der Waals surface area contributed by atoms with Gasteiger partial charge >= 0.3 is 5.97 Å². The van der Waals surface area contributed by atoms with Crippen molar-refractivity contribution in [1.82, 2.24) is 4.98 Å². The van der Waals surface area contributed by atoms with Crippen LogP contribution in [0.3, 0.4) is 0 Å². The van der Waals surface area contributed by atoms with Crippen molar-refractivity contribution < 1.29 is 28.2 Å². The van der Waals surface area contributed by atoms with E-state index < -0.39 is 40.4 Å². The molecule has 1 aliphatic rings. The molecule has 1 aromatic heterocycles. The fourth-order valence-electron chi connectivity index (χ4n) is 2.23. The van der Waals surface area contributed by atoms with Crippen molar-refractivity contribution in [2.24, 2.45) is 5.41 Å². The molecule has 0 unspecified atom stereocenters. The number of pyridine rings is 1. The minimum Gasteiger partial charge on any atom is -0.480 e. The summed E-state index contributed by atoms with van der Waals surface area (Å²) in [5.41, 5.74) is 3.45. The second-order valence-corrected chi connectivity index (χ2v) is 5.62. The second-order valence-electron chi connectivity index (χ2n) is 5.62. The molecular weight excluding hydrogens is 336 g/mol. The third kappa shape index (κ3) is 3.21. The van der Waals surface area contributed by atoms with E-state index in [0.29, 0.717) is 0 Å². The number of hydrogen-bond acceptors (Lipinski definition) is 5. The number of carbonyl (C=O) groups is 2. The van der Waals surface area contributed by atoms with Gasteiger partial charge in [-0.25, -0.2) is 13.8 Å². The van der Waals surface area contributed by atoms with Gasteiger partial charge in [0.1, 0.15) is 17.0 Å². The average molecular weight is 349 g/mol. The SMILES string of the molecule is Nc1cc(Oc2cc(F)c(NC(=O)C3(C(=O)O)CC3)cc2F)ccn1. The Morgan fingerprint density at radius 2 is 1.96 bits per heavy atom. The van der Waals surface area contributed by atoms with E-state index in [1.54, 1.807) is 0 Å². The number of amides is 1. The van der Waals surface area contributed by atoms with Crippen LogP contribution < -0.4 is 15.8 Å². The summed E-state index contributed by atoms with van der Waals surface area (Å²) < 4.78 is 33.5. The van der Waals surface area contributed by atoms with E-state index in [4.69, 9.17) is 15.6 Å². The summed E-state index contributed by atoms with van der Waals surface area (Å²) in [5.74, 6) is -4.19. The summed E-state index contributed by atoms with van der Waals surface area (Å²) in [5, 5.41) is 11.2. The number of nitrogens with one attached hydrogen (secondary N) is 1. The number of carboxylic acids is 1. The maximum Gasteiger partial charge on any atom is 0.319 e. The topological polar surface area (TPSA) is 115 Å². The van der Waals surface area contributed by atoms with Gasteiger partial charge in [0.25, 0.3) is 0 Å². The van der Waals surface area contributed by atoms with Gasteiger partial charge in [-0.15, -0.1) is 0 Å². The summed E-state index contributed by atoms with van der Waals surface area (Å²) in [4.78, 5) is 26.8. The van der Waals surface area contributed by atoms with Gasteiger partial charge in [-0.3, -0.25) is 9.59 Å². The summed E-state index contributed by atoms with van der Waals surface area (Å²) in [6.45, 7) is 0. The summed E-state index contributed by atoms with van der Waals surface area (Å²) in [7, 11) is 0. The van der Waals surface area contributed by atoms with Gasteiger partial charge in [-0.05, 0) is 18.9 Å². The molecule has 3 rings (SSSR count). The number of aliphatic carboxylic acids is 1. The smallest absolute Gasteiger partial charge is 0.319 e. The first-order chi connectivity index (χ1) is 11.8. The molecular formula is C16H13F2N3O4. The van der Waals surface area contributed by atoms with Gasteiger partial charge in [0.2, 0.25) is 5.91 Å². The van der Waals surface area contributed by atoms with Crippen molar-refractivity contribution in [3.8, 4) is 11.5 Å². The molecule has 0 saturated heterocycles. The Morgan fingerprint density at radius 1 is 1.24 bits per heavy atom. The first-order valence-electron chi connectivity index (χ1n) is 7.25. The molecule has 130 valence electrons. The molecule has 2 aromatic rings. The number of halogens is 2. The van der Waals surface area contributed by atoms with Crippen LogP contribution in [0.4, 0.5) is 20.3 Å². The number of nitrogens with zero attached hydrogens (tertiary/aromatic N) is 1. The van der Waals surface area contributed by atoms with Crippen LogP contribution in [0, 0.1) is 17.0 Å². The van der Waals surface area contributed by atoms with Crippen molar-refractivity contribution in [2.75, 3.05) is 11.1 Å². The molecule has 0 radical (unpaired) electrons. The van der Waals surface area contributed by atoms with E-state index in [0.717, 1.165) is 12.1 Å². The Balaban J connectivity index is 1.81. The largest absolute Gasteiger partial charge is 0.480 e. The summed E-state index contributed by atoms with van der Waals surface area (Å²) in [6, 6.07) is 4.22. The van der Waals surface area contributed by atoms with Gasteiger partial charge in [-0.1, -0.05) is 0 Å². The van der Waals surface area contributed by atoms with Crippen LogP contribution in [-0.4, -0.2) is 22.0 Å². The number of carboxylic acid groups (broad SMARTS) is 1. The third-order valence-electron chi connectivity index (χ3n) is 3.84. The van der Waals surface area contributed by atoms with Gasteiger partial charge in [0, 0.05) is 24.4 Å². The number of rotatable bonds is 5. The first kappa shape index (κ1) is 16.6. The standard InChI is InChI=1S/C16H13F2N3O4/c17-9-7-12(25-8-1-4-20-13(19)5-8)10(18)6-11(9)21-14(22)16(2-3-16)15(23)24/h1,4-7H,2-3H2,(H2,19,20)(H,21,22)(H,23,24). The lowest BCUT2D eigenvalue weighted by molar-refractivity contribution is -0.147. The molecule has 1 aromatic carbocycles. The zero-order chi connectivity index (χ0) is 18.2. The van der Waals surface area contributed by atoms with Crippen LogP contribution in [0.2, 0.25) is 0 Å². The monoisotopic (exact) mass is 349 g/mol. The van der Waals surface area contributed by atoms with Crippen molar-refractivity contribution in [2.45, 2.75) is 12.8 Å². The molecule has 1 aliphatic carbocycles. The van der Waals surface area contributed by atoms with Crippen LogP contribution in [0.25, 0.3) is 0 Å². The van der Waals surface area contributed by atoms with E-state index in [1.807, 2.05) is 0 Å². The molecule has 4 N–H and O–H groups in total. The molecule has 9 heteroatoms. The van der Waals surface area contributed by atoms with E-state index in [2.05, 4.69) is 10.3 Å². The van der Waals surface area contributed by atoms with Crippen molar-refractivity contribution in [3.63, 3.8) is 0 Å². The Labute approximate surface area is 140 Å². The number of aromatic nitrogens is 1. The van der Waals surface area contributed by atoms with E-state index in [-0.39, 0.29) is 24.4 Å². The fraction of sp³-hybridized carbons (Fsp3) is 0.188. The minimum absolute atomic E-state index is 0.144. The highest BCUT2D eigenvalue weighted by Crippen LogP contribution is 2.47. The molecule has 1 amide bonds. The lowest BCUT2D eigenvalue weighted by atomic mass is 10.1. The molecule has 25 heavy (non-hydrogen) atoms. The van der Waals surface area contributed by atoms with Crippen LogP contribution >= 0.6 is 0 Å². The normalized spacial score (nSPS) is 14.6. The summed E-state index contributed by atoms with van der Waals surface area (Å²) in [6.07, 6.45) is 1.65. The predicted molar refractivity (Wildman–Crippen MR) is 83.0 cm³/mol. The maximum atomic E-state index is 14.1. The lowest BCUT2D eigenvalue weighted by Gasteiger charge is -2.13. The minimum atomic E-state index is -1.56. The average Bonchev–Trinajstić information content (AvgIpc) is 3.34. The van der Waals surface area contributed by atoms with Gasteiger partial charge < -0.3 is 20.9 Å². The quantitative estimate of drug-likeness (QED) is 0.715. The molecule has 0 bridgehead atoms. The van der Waals surface area contributed by atoms with Gasteiger partial charge in [0.05, 0.1) is 5.69 Å². The number of hydrogen-bond donors (Lipinski definition) is 3. The molecule has 0 atom stereocenters. The lowest BCUT2D eigenvalue weighted by Crippen LogP contribution is -2.31. The molecule has 1 heterocycles. The third-order valence-corrected chi connectivity index (χ3v) is 3.84. The van der Waals surface area contributed by atoms with Crippen molar-refractivity contribution in [3.05, 3.63) is 42.1 Å².